The molecular formula is C22H29NO3. The van der Waals surface area contributed by atoms with Gasteiger partial charge in [0.2, 0.25) is 5.91 Å². The molecule has 4 heteroatoms. The molecule has 0 fully saturated rings. The second-order valence-corrected chi connectivity index (χ2v) is 6.50. The first-order chi connectivity index (χ1) is 12.5. The van der Waals surface area contributed by atoms with Gasteiger partial charge in [0.05, 0.1) is 19.8 Å². The largest absolute Gasteiger partial charge is 0.497 e. The highest BCUT2D eigenvalue weighted by Crippen LogP contribution is 2.20. The normalized spacial score (nSPS) is 11.7. The Kier molecular flexibility index (Phi) is 7.52. The molecule has 140 valence electrons. The van der Waals surface area contributed by atoms with Gasteiger partial charge >= 0.3 is 0 Å². The van der Waals surface area contributed by atoms with Crippen LogP contribution in [0.15, 0.2) is 42.5 Å². The molecule has 0 aliphatic rings. The molecule has 0 heterocycles. The summed E-state index contributed by atoms with van der Waals surface area (Å²) >= 11 is 0. The summed E-state index contributed by atoms with van der Waals surface area (Å²) in [4.78, 5) is 12.2. The number of aryl methyl sites for hydroxylation is 2. The average molecular weight is 355 g/mol. The van der Waals surface area contributed by atoms with E-state index in [0.717, 1.165) is 17.9 Å². The molecule has 2 aromatic rings. The standard InChI is InChI=1S/C22H29NO3/c1-5-21(18-9-8-16(2)17(3)15-18)23-22(24)7-6-14-26-20-12-10-19(25-4)11-13-20/h8-13,15,21H,5-7,14H2,1-4H3,(H,23,24)/t21-/m1/s1. The highest BCUT2D eigenvalue weighted by molar-refractivity contribution is 5.76. The molecule has 0 unspecified atom stereocenters. The lowest BCUT2D eigenvalue weighted by molar-refractivity contribution is -0.122. The van der Waals surface area contributed by atoms with Crippen LogP contribution in [0.25, 0.3) is 0 Å². The topological polar surface area (TPSA) is 47.6 Å². The number of hydrogen-bond donors (Lipinski definition) is 1. The Morgan fingerprint density at radius 1 is 1.04 bits per heavy atom. The van der Waals surface area contributed by atoms with Crippen molar-refractivity contribution in [1.29, 1.82) is 0 Å². The molecule has 0 spiro atoms. The number of amides is 1. The van der Waals surface area contributed by atoms with Crippen LogP contribution in [0.5, 0.6) is 11.5 Å². The number of nitrogens with one attached hydrogen (secondary N) is 1. The van der Waals surface area contributed by atoms with E-state index in [1.165, 1.54) is 16.7 Å². The summed E-state index contributed by atoms with van der Waals surface area (Å²) in [5.74, 6) is 1.65. The van der Waals surface area contributed by atoms with E-state index < -0.39 is 0 Å². The Balaban J connectivity index is 1.76. The molecule has 0 saturated heterocycles. The fraction of sp³-hybridized carbons (Fsp3) is 0.409. The predicted molar refractivity (Wildman–Crippen MR) is 105 cm³/mol. The van der Waals surface area contributed by atoms with E-state index in [-0.39, 0.29) is 11.9 Å². The summed E-state index contributed by atoms with van der Waals surface area (Å²) in [5, 5.41) is 3.13. The quantitative estimate of drug-likeness (QED) is 0.661. The highest BCUT2D eigenvalue weighted by atomic mass is 16.5. The van der Waals surface area contributed by atoms with Gasteiger partial charge in [-0.1, -0.05) is 25.1 Å². The zero-order valence-corrected chi connectivity index (χ0v) is 16.2. The van der Waals surface area contributed by atoms with Gasteiger partial charge in [0, 0.05) is 6.42 Å². The van der Waals surface area contributed by atoms with Crippen LogP contribution in [0.4, 0.5) is 0 Å². The Bertz CT molecular complexity index is 710. The Hall–Kier alpha value is -2.49. The molecule has 1 amide bonds. The van der Waals surface area contributed by atoms with Gasteiger partial charge in [0.25, 0.3) is 0 Å². The molecule has 2 aromatic carbocycles. The third kappa shape index (κ3) is 5.80. The summed E-state index contributed by atoms with van der Waals surface area (Å²) in [7, 11) is 1.63. The average Bonchev–Trinajstić information content (AvgIpc) is 2.66. The van der Waals surface area contributed by atoms with Crippen molar-refractivity contribution in [1.82, 2.24) is 5.32 Å². The number of benzene rings is 2. The van der Waals surface area contributed by atoms with Gasteiger partial charge in [-0.3, -0.25) is 4.79 Å². The van der Waals surface area contributed by atoms with Crippen LogP contribution in [-0.4, -0.2) is 19.6 Å². The van der Waals surface area contributed by atoms with Crippen molar-refractivity contribution in [2.24, 2.45) is 0 Å². The second kappa shape index (κ2) is 9.85. The minimum absolute atomic E-state index is 0.0595. The van der Waals surface area contributed by atoms with Crippen molar-refractivity contribution in [2.75, 3.05) is 13.7 Å². The van der Waals surface area contributed by atoms with Gasteiger partial charge in [0.1, 0.15) is 11.5 Å². The van der Waals surface area contributed by atoms with Gasteiger partial charge in [-0.05, 0) is 67.6 Å². The van der Waals surface area contributed by atoms with E-state index in [1.54, 1.807) is 7.11 Å². The summed E-state index contributed by atoms with van der Waals surface area (Å²) < 4.78 is 10.8. The number of carbonyl (C=O) groups is 1. The van der Waals surface area contributed by atoms with Gasteiger partial charge in [-0.15, -0.1) is 0 Å². The SMILES string of the molecule is CC[C@@H](NC(=O)CCCOc1ccc(OC)cc1)c1ccc(C)c(C)c1. The molecule has 4 nitrogen and oxygen atoms in total. The van der Waals surface area contributed by atoms with Crippen molar-refractivity contribution in [3.8, 4) is 11.5 Å². The number of rotatable bonds is 9. The smallest absolute Gasteiger partial charge is 0.220 e. The number of methoxy groups -OCH3 is 1. The van der Waals surface area contributed by atoms with Crippen LogP contribution in [0.1, 0.15) is 48.9 Å². The lowest BCUT2D eigenvalue weighted by Crippen LogP contribution is -2.28. The van der Waals surface area contributed by atoms with Crippen LogP contribution < -0.4 is 14.8 Å². The van der Waals surface area contributed by atoms with E-state index >= 15 is 0 Å². The van der Waals surface area contributed by atoms with Crippen molar-refractivity contribution in [3.05, 3.63) is 59.2 Å². The zero-order valence-electron chi connectivity index (χ0n) is 16.2. The molecule has 0 radical (unpaired) electrons. The molecule has 0 aromatic heterocycles. The van der Waals surface area contributed by atoms with Crippen molar-refractivity contribution >= 4 is 5.91 Å². The van der Waals surface area contributed by atoms with E-state index in [9.17, 15) is 4.79 Å². The summed E-state index contributed by atoms with van der Waals surface area (Å²) in [6.07, 6.45) is 2.01. The van der Waals surface area contributed by atoms with Gasteiger partial charge in [-0.25, -0.2) is 0 Å². The van der Waals surface area contributed by atoms with Crippen LogP contribution in [0.2, 0.25) is 0 Å². The Morgan fingerprint density at radius 2 is 1.73 bits per heavy atom. The Morgan fingerprint density at radius 3 is 2.35 bits per heavy atom. The van der Waals surface area contributed by atoms with Gasteiger partial charge in [-0.2, -0.15) is 0 Å². The van der Waals surface area contributed by atoms with Crippen LogP contribution in [0, 0.1) is 13.8 Å². The molecule has 1 atom stereocenters. The zero-order chi connectivity index (χ0) is 18.9. The van der Waals surface area contributed by atoms with E-state index in [4.69, 9.17) is 9.47 Å². The molecule has 26 heavy (non-hydrogen) atoms. The molecular weight excluding hydrogens is 326 g/mol. The van der Waals surface area contributed by atoms with E-state index in [0.29, 0.717) is 19.4 Å². The van der Waals surface area contributed by atoms with Crippen molar-refractivity contribution < 1.29 is 14.3 Å². The fourth-order valence-electron chi connectivity index (χ4n) is 2.76. The number of hydrogen-bond acceptors (Lipinski definition) is 3. The predicted octanol–water partition coefficient (Wildman–Crippen LogP) is 4.74. The number of ether oxygens (including phenoxy) is 2. The van der Waals surface area contributed by atoms with E-state index in [1.807, 2.05) is 24.3 Å². The molecule has 0 aliphatic carbocycles. The molecule has 1 N–H and O–H groups in total. The maximum atomic E-state index is 12.2. The summed E-state index contributed by atoms with van der Waals surface area (Å²) in [6, 6.07) is 13.9. The first-order valence-electron chi connectivity index (χ1n) is 9.16. The maximum absolute atomic E-state index is 12.2. The number of carbonyl (C=O) groups excluding carboxylic acids is 1. The lowest BCUT2D eigenvalue weighted by atomic mass is 9.99. The fourth-order valence-corrected chi connectivity index (χ4v) is 2.76. The molecule has 0 saturated carbocycles. The van der Waals surface area contributed by atoms with Gasteiger partial charge in [0.15, 0.2) is 0 Å². The van der Waals surface area contributed by atoms with Crippen LogP contribution in [0.3, 0.4) is 0 Å². The highest BCUT2D eigenvalue weighted by Gasteiger charge is 2.13. The first-order valence-corrected chi connectivity index (χ1v) is 9.16. The molecule has 0 aliphatic heterocycles. The molecule has 0 bridgehead atoms. The summed E-state index contributed by atoms with van der Waals surface area (Å²) in [5.41, 5.74) is 3.69. The van der Waals surface area contributed by atoms with Crippen molar-refractivity contribution in [2.45, 2.75) is 46.1 Å². The third-order valence-corrected chi connectivity index (χ3v) is 4.55. The lowest BCUT2D eigenvalue weighted by Gasteiger charge is -2.18. The van der Waals surface area contributed by atoms with Crippen molar-refractivity contribution in [3.63, 3.8) is 0 Å². The minimum atomic E-state index is 0.0595. The molecule has 2 rings (SSSR count). The summed E-state index contributed by atoms with van der Waals surface area (Å²) in [6.45, 7) is 6.80. The minimum Gasteiger partial charge on any atom is -0.497 e. The monoisotopic (exact) mass is 355 g/mol. The van der Waals surface area contributed by atoms with E-state index in [2.05, 4.69) is 44.3 Å². The first kappa shape index (κ1) is 19.8. The maximum Gasteiger partial charge on any atom is 0.220 e. The van der Waals surface area contributed by atoms with Gasteiger partial charge < -0.3 is 14.8 Å². The van der Waals surface area contributed by atoms with Crippen LogP contribution in [-0.2, 0) is 4.79 Å². The second-order valence-electron chi connectivity index (χ2n) is 6.50. The Labute approximate surface area is 156 Å². The van der Waals surface area contributed by atoms with Crippen LogP contribution >= 0.6 is 0 Å². The third-order valence-electron chi connectivity index (χ3n) is 4.55.